The van der Waals surface area contributed by atoms with Crippen LogP contribution in [0.3, 0.4) is 0 Å². The number of allylic oxidation sites excluding steroid dienone is 2. The first kappa shape index (κ1) is 17.5. The Kier molecular flexibility index (Phi) is 5.39. The normalized spacial score (nSPS) is 21.6. The van der Waals surface area contributed by atoms with Gasteiger partial charge in [0.05, 0.1) is 18.6 Å². The number of ether oxygens (including phenoxy) is 2. The molecular formula is C20H20ClNO3. The van der Waals surface area contributed by atoms with Gasteiger partial charge in [-0.05, 0) is 31.5 Å². The van der Waals surface area contributed by atoms with Crippen molar-refractivity contribution in [3.63, 3.8) is 0 Å². The topological polar surface area (TPSA) is 47.9 Å². The Labute approximate surface area is 152 Å². The highest BCUT2D eigenvalue weighted by molar-refractivity contribution is 6.30. The molecule has 1 heterocycles. The van der Waals surface area contributed by atoms with Gasteiger partial charge < -0.3 is 9.47 Å². The van der Waals surface area contributed by atoms with Crippen molar-refractivity contribution in [2.24, 2.45) is 10.9 Å². The Morgan fingerprint density at radius 2 is 2.04 bits per heavy atom. The fourth-order valence-electron chi connectivity index (χ4n) is 2.86. The van der Waals surface area contributed by atoms with Crippen LogP contribution in [0, 0.1) is 5.92 Å². The first-order valence-electron chi connectivity index (χ1n) is 8.27. The molecule has 0 N–H and O–H groups in total. The standard InChI is InChI=1S/C20H20ClNO3/c1-3-24-20(23)17-11-22-18-9-4-13(2)10-16(18)19(17)25-12-14-5-7-15(21)8-6-14/h4-11,16,18H,3,12H2,1-2H3/t16-,18+/m1/s1. The van der Waals surface area contributed by atoms with E-state index >= 15 is 0 Å². The van der Waals surface area contributed by atoms with Crippen LogP contribution < -0.4 is 0 Å². The molecule has 1 aliphatic heterocycles. The van der Waals surface area contributed by atoms with Gasteiger partial charge in [-0.15, -0.1) is 0 Å². The molecule has 1 aromatic rings. The van der Waals surface area contributed by atoms with E-state index in [0.29, 0.717) is 29.6 Å². The van der Waals surface area contributed by atoms with E-state index in [4.69, 9.17) is 21.1 Å². The van der Waals surface area contributed by atoms with Gasteiger partial charge in [0, 0.05) is 11.2 Å². The van der Waals surface area contributed by atoms with Crippen molar-refractivity contribution in [1.29, 1.82) is 0 Å². The van der Waals surface area contributed by atoms with Gasteiger partial charge >= 0.3 is 5.97 Å². The van der Waals surface area contributed by atoms with E-state index in [0.717, 1.165) is 11.1 Å². The SMILES string of the molecule is CCOC(=O)C1=C(OCc2ccc(Cl)cc2)[C@@H]2C=C(C)C=C[C@@H]2N=C1. The van der Waals surface area contributed by atoms with Gasteiger partial charge in [-0.3, -0.25) is 4.99 Å². The molecule has 0 spiro atoms. The maximum Gasteiger partial charge on any atom is 0.343 e. The van der Waals surface area contributed by atoms with Gasteiger partial charge in [-0.25, -0.2) is 4.79 Å². The van der Waals surface area contributed by atoms with Crippen LogP contribution in [-0.4, -0.2) is 24.8 Å². The first-order valence-corrected chi connectivity index (χ1v) is 8.64. The van der Waals surface area contributed by atoms with Crippen molar-refractivity contribution in [3.05, 3.63) is 70.0 Å². The molecule has 1 aliphatic carbocycles. The summed E-state index contributed by atoms with van der Waals surface area (Å²) in [5, 5.41) is 0.677. The quantitative estimate of drug-likeness (QED) is 0.740. The summed E-state index contributed by atoms with van der Waals surface area (Å²) >= 11 is 5.92. The van der Waals surface area contributed by atoms with E-state index in [-0.39, 0.29) is 12.0 Å². The second-order valence-electron chi connectivity index (χ2n) is 5.98. The molecule has 130 valence electrons. The zero-order valence-corrected chi connectivity index (χ0v) is 15.0. The predicted octanol–water partition coefficient (Wildman–Crippen LogP) is 4.26. The summed E-state index contributed by atoms with van der Waals surface area (Å²) in [6, 6.07) is 7.40. The molecule has 25 heavy (non-hydrogen) atoms. The molecule has 3 rings (SSSR count). The van der Waals surface area contributed by atoms with Gasteiger partial charge in [0.15, 0.2) is 0 Å². The van der Waals surface area contributed by atoms with E-state index in [1.165, 1.54) is 0 Å². The summed E-state index contributed by atoms with van der Waals surface area (Å²) in [5.74, 6) is 0.107. The number of aliphatic imine (C=N–C) groups is 1. The largest absolute Gasteiger partial charge is 0.492 e. The molecule has 0 saturated heterocycles. The zero-order chi connectivity index (χ0) is 17.8. The highest BCUT2D eigenvalue weighted by Gasteiger charge is 2.33. The number of hydrogen-bond acceptors (Lipinski definition) is 4. The lowest BCUT2D eigenvalue weighted by molar-refractivity contribution is -0.138. The Balaban J connectivity index is 1.89. The third-order valence-electron chi connectivity index (χ3n) is 4.11. The molecular weight excluding hydrogens is 338 g/mol. The molecule has 0 fully saturated rings. The molecule has 2 atom stereocenters. The molecule has 0 bridgehead atoms. The minimum Gasteiger partial charge on any atom is -0.492 e. The maximum atomic E-state index is 12.3. The number of rotatable bonds is 5. The smallest absolute Gasteiger partial charge is 0.343 e. The molecule has 0 amide bonds. The number of benzene rings is 1. The summed E-state index contributed by atoms with van der Waals surface area (Å²) in [6.07, 6.45) is 7.71. The van der Waals surface area contributed by atoms with Crippen molar-refractivity contribution >= 4 is 23.8 Å². The minimum absolute atomic E-state index is 0.0536. The van der Waals surface area contributed by atoms with Gasteiger partial charge in [-0.1, -0.05) is 47.5 Å². The third kappa shape index (κ3) is 4.02. The lowest BCUT2D eigenvalue weighted by Crippen LogP contribution is -2.29. The van der Waals surface area contributed by atoms with Crippen molar-refractivity contribution in [2.45, 2.75) is 26.5 Å². The monoisotopic (exact) mass is 357 g/mol. The minimum atomic E-state index is -0.406. The van der Waals surface area contributed by atoms with Crippen LogP contribution >= 0.6 is 11.6 Å². The summed E-state index contributed by atoms with van der Waals surface area (Å²) < 4.78 is 11.2. The van der Waals surface area contributed by atoms with Gasteiger partial charge in [0.2, 0.25) is 0 Å². The summed E-state index contributed by atoms with van der Waals surface area (Å²) in [6.45, 7) is 4.46. The van der Waals surface area contributed by atoms with Crippen molar-refractivity contribution in [3.8, 4) is 0 Å². The lowest BCUT2D eigenvalue weighted by Gasteiger charge is -2.29. The van der Waals surface area contributed by atoms with Crippen LogP contribution in [-0.2, 0) is 20.9 Å². The number of halogens is 1. The summed E-state index contributed by atoms with van der Waals surface area (Å²) in [7, 11) is 0. The Morgan fingerprint density at radius 1 is 1.28 bits per heavy atom. The van der Waals surface area contributed by atoms with E-state index in [9.17, 15) is 4.79 Å². The number of carbonyl (C=O) groups is 1. The first-order chi connectivity index (χ1) is 12.1. The highest BCUT2D eigenvalue weighted by atomic mass is 35.5. The average molecular weight is 358 g/mol. The molecule has 2 aliphatic rings. The number of carbonyl (C=O) groups excluding carboxylic acids is 1. The lowest BCUT2D eigenvalue weighted by atomic mass is 9.87. The fourth-order valence-corrected chi connectivity index (χ4v) is 2.99. The van der Waals surface area contributed by atoms with Crippen LogP contribution in [0.5, 0.6) is 0 Å². The zero-order valence-electron chi connectivity index (χ0n) is 14.2. The Bertz CT molecular complexity index is 775. The number of nitrogens with zero attached hydrogens (tertiary/aromatic N) is 1. The van der Waals surface area contributed by atoms with E-state index < -0.39 is 5.97 Å². The average Bonchev–Trinajstić information content (AvgIpc) is 2.61. The molecule has 0 unspecified atom stereocenters. The van der Waals surface area contributed by atoms with Crippen LogP contribution in [0.4, 0.5) is 0 Å². The van der Waals surface area contributed by atoms with E-state index in [1.807, 2.05) is 43.3 Å². The molecule has 1 aromatic carbocycles. The van der Waals surface area contributed by atoms with Gasteiger partial charge in [-0.2, -0.15) is 0 Å². The van der Waals surface area contributed by atoms with Crippen LogP contribution in [0.2, 0.25) is 5.02 Å². The third-order valence-corrected chi connectivity index (χ3v) is 4.37. The molecule has 0 radical (unpaired) electrons. The molecule has 0 saturated carbocycles. The van der Waals surface area contributed by atoms with Gasteiger partial charge in [0.1, 0.15) is 17.9 Å². The van der Waals surface area contributed by atoms with Crippen LogP contribution in [0.1, 0.15) is 19.4 Å². The molecule has 0 aromatic heterocycles. The maximum absolute atomic E-state index is 12.3. The number of esters is 1. The Hall–Kier alpha value is -2.33. The van der Waals surface area contributed by atoms with Crippen molar-refractivity contribution in [1.82, 2.24) is 0 Å². The highest BCUT2D eigenvalue weighted by Crippen LogP contribution is 2.33. The second kappa shape index (κ2) is 7.70. The number of fused-ring (bicyclic) bond motifs is 1. The fraction of sp³-hybridized carbons (Fsp3) is 0.300. The number of hydrogen-bond donors (Lipinski definition) is 0. The van der Waals surface area contributed by atoms with Crippen molar-refractivity contribution in [2.75, 3.05) is 6.61 Å². The Morgan fingerprint density at radius 3 is 2.76 bits per heavy atom. The van der Waals surface area contributed by atoms with Crippen LogP contribution in [0.15, 0.2) is 64.4 Å². The summed E-state index contributed by atoms with van der Waals surface area (Å²) in [5.41, 5.74) is 2.48. The van der Waals surface area contributed by atoms with E-state index in [2.05, 4.69) is 11.1 Å². The van der Waals surface area contributed by atoms with E-state index in [1.54, 1.807) is 13.1 Å². The molecule has 4 nitrogen and oxygen atoms in total. The number of dihydropyridines is 1. The summed E-state index contributed by atoms with van der Waals surface area (Å²) in [4.78, 5) is 16.8. The van der Waals surface area contributed by atoms with Crippen molar-refractivity contribution < 1.29 is 14.3 Å². The van der Waals surface area contributed by atoms with Crippen LogP contribution in [0.25, 0.3) is 0 Å². The second-order valence-corrected chi connectivity index (χ2v) is 6.41. The predicted molar refractivity (Wildman–Crippen MR) is 98.6 cm³/mol. The molecule has 5 heteroatoms. The van der Waals surface area contributed by atoms with Gasteiger partial charge in [0.25, 0.3) is 0 Å².